The highest BCUT2D eigenvalue weighted by molar-refractivity contribution is 5.76. The van der Waals surface area contributed by atoms with E-state index >= 15 is 0 Å². The summed E-state index contributed by atoms with van der Waals surface area (Å²) >= 11 is 0. The normalized spacial score (nSPS) is 23.3. The quantitative estimate of drug-likeness (QED) is 0.605. The maximum absolute atomic E-state index is 12.0. The van der Waals surface area contributed by atoms with E-state index in [4.69, 9.17) is 4.74 Å². The van der Waals surface area contributed by atoms with Crippen LogP contribution in [-0.2, 0) is 14.3 Å². The Kier molecular flexibility index (Phi) is 4.76. The third kappa shape index (κ3) is 4.39. The molecule has 2 atom stereocenters. The molecule has 0 spiro atoms. The van der Waals surface area contributed by atoms with Gasteiger partial charge in [-0.1, -0.05) is 12.2 Å². The third-order valence-electron chi connectivity index (χ3n) is 2.63. The number of nitrogens with one attached hydrogen (secondary N) is 1. The summed E-state index contributed by atoms with van der Waals surface area (Å²) in [5, 5.41) is 2.67. The number of carbonyl (C=O) groups excluding carboxylic acids is 2. The number of rotatable bonds is 2. The molecular weight excluding hydrogens is 234 g/mol. The minimum Gasteiger partial charge on any atom is -0.460 e. The lowest BCUT2D eigenvalue weighted by Gasteiger charge is -2.30. The van der Waals surface area contributed by atoms with Crippen LogP contribution in [0.2, 0.25) is 0 Å². The summed E-state index contributed by atoms with van der Waals surface area (Å²) in [5.41, 5.74) is -0.520. The lowest BCUT2D eigenvalue weighted by Crippen LogP contribution is -2.45. The molecule has 0 fully saturated rings. The number of allylic oxidation sites excluding steroid dienone is 1. The Hall–Kier alpha value is -1.52. The summed E-state index contributed by atoms with van der Waals surface area (Å²) in [6, 6.07) is -0.266. The number of methoxy groups -OCH3 is 1. The van der Waals surface area contributed by atoms with Crippen LogP contribution in [0, 0.1) is 5.92 Å². The van der Waals surface area contributed by atoms with Gasteiger partial charge in [0.2, 0.25) is 0 Å². The summed E-state index contributed by atoms with van der Waals surface area (Å²) in [6.07, 6.45) is 4.54. The van der Waals surface area contributed by atoms with Crippen molar-refractivity contribution in [2.45, 2.75) is 45.3 Å². The van der Waals surface area contributed by atoms with E-state index in [0.717, 1.165) is 0 Å². The van der Waals surface area contributed by atoms with Crippen LogP contribution in [-0.4, -0.2) is 30.8 Å². The molecule has 0 bridgehead atoms. The monoisotopic (exact) mass is 255 g/mol. The molecule has 102 valence electrons. The fraction of sp³-hybridized carbons (Fsp3) is 0.692. The van der Waals surface area contributed by atoms with Crippen molar-refractivity contribution in [3.63, 3.8) is 0 Å². The predicted molar refractivity (Wildman–Crippen MR) is 67.0 cm³/mol. The van der Waals surface area contributed by atoms with Gasteiger partial charge in [-0.25, -0.2) is 4.79 Å². The average molecular weight is 255 g/mol. The van der Waals surface area contributed by atoms with Crippen molar-refractivity contribution in [3.8, 4) is 0 Å². The van der Waals surface area contributed by atoms with Crippen LogP contribution in [0.1, 0.15) is 33.6 Å². The van der Waals surface area contributed by atoms with Crippen molar-refractivity contribution in [1.29, 1.82) is 0 Å². The zero-order valence-electron chi connectivity index (χ0n) is 11.4. The van der Waals surface area contributed by atoms with Gasteiger partial charge in [0, 0.05) is 6.04 Å². The van der Waals surface area contributed by atoms with Crippen LogP contribution in [0.4, 0.5) is 4.79 Å². The molecule has 0 aromatic rings. The van der Waals surface area contributed by atoms with Gasteiger partial charge >= 0.3 is 12.1 Å². The first-order valence-electron chi connectivity index (χ1n) is 6.06. The van der Waals surface area contributed by atoms with Gasteiger partial charge in [-0.05, 0) is 33.6 Å². The minimum absolute atomic E-state index is 0.266. The first kappa shape index (κ1) is 14.5. The Balaban J connectivity index is 2.68. The third-order valence-corrected chi connectivity index (χ3v) is 2.63. The van der Waals surface area contributed by atoms with E-state index in [9.17, 15) is 9.59 Å². The molecule has 0 saturated carbocycles. The van der Waals surface area contributed by atoms with Crippen LogP contribution in [0.15, 0.2) is 12.2 Å². The van der Waals surface area contributed by atoms with E-state index in [0.29, 0.717) is 12.8 Å². The first-order chi connectivity index (χ1) is 8.33. The molecular formula is C13H21NO4. The van der Waals surface area contributed by atoms with Crippen molar-refractivity contribution in [2.24, 2.45) is 5.92 Å². The highest BCUT2D eigenvalue weighted by atomic mass is 16.6. The van der Waals surface area contributed by atoms with Gasteiger partial charge in [-0.3, -0.25) is 4.79 Å². The topological polar surface area (TPSA) is 64.6 Å². The number of ether oxygens (including phenoxy) is 2. The van der Waals surface area contributed by atoms with E-state index in [1.54, 1.807) is 0 Å². The van der Waals surface area contributed by atoms with Crippen molar-refractivity contribution in [2.75, 3.05) is 7.11 Å². The zero-order chi connectivity index (χ0) is 13.8. The van der Waals surface area contributed by atoms with Crippen LogP contribution >= 0.6 is 0 Å². The largest absolute Gasteiger partial charge is 0.460 e. The lowest BCUT2D eigenvalue weighted by atomic mass is 9.89. The van der Waals surface area contributed by atoms with Gasteiger partial charge in [0.25, 0.3) is 0 Å². The molecule has 0 aromatic carbocycles. The number of carbonyl (C=O) groups is 2. The van der Waals surface area contributed by atoms with Crippen molar-refractivity contribution < 1.29 is 19.1 Å². The van der Waals surface area contributed by atoms with Crippen LogP contribution < -0.4 is 5.32 Å². The van der Waals surface area contributed by atoms with Crippen LogP contribution in [0.25, 0.3) is 0 Å². The predicted octanol–water partition coefficient (Wildman–Crippen LogP) is 2.02. The Morgan fingerprint density at radius 2 is 1.83 bits per heavy atom. The standard InChI is InChI=1S/C13H21NO4/c1-13(2,3)18-11(15)9-7-5-6-8-10(9)14-12(16)17-4/h5-6,9-10H,7-8H2,1-4H3,(H,14,16)/t9-,10+/m1/s1. The molecule has 0 aliphatic heterocycles. The van der Waals surface area contributed by atoms with E-state index in [1.807, 2.05) is 32.9 Å². The second-order valence-corrected chi connectivity index (χ2v) is 5.33. The van der Waals surface area contributed by atoms with Crippen molar-refractivity contribution >= 4 is 12.1 Å². The Labute approximate surface area is 108 Å². The smallest absolute Gasteiger partial charge is 0.407 e. The number of alkyl carbamates (subject to hydrolysis) is 1. The summed E-state index contributed by atoms with van der Waals surface area (Å²) in [4.78, 5) is 23.3. The molecule has 1 aliphatic rings. The Morgan fingerprint density at radius 3 is 2.39 bits per heavy atom. The van der Waals surface area contributed by atoms with Gasteiger partial charge in [-0.2, -0.15) is 0 Å². The van der Waals surface area contributed by atoms with E-state index in [1.165, 1.54) is 7.11 Å². The molecule has 0 aromatic heterocycles. The highest BCUT2D eigenvalue weighted by Crippen LogP contribution is 2.23. The SMILES string of the molecule is COC(=O)N[C@H]1CC=CC[C@H]1C(=O)OC(C)(C)C. The molecule has 1 N–H and O–H groups in total. The van der Waals surface area contributed by atoms with E-state index < -0.39 is 11.7 Å². The summed E-state index contributed by atoms with van der Waals surface area (Å²) in [7, 11) is 1.30. The van der Waals surface area contributed by atoms with Crippen molar-refractivity contribution in [3.05, 3.63) is 12.2 Å². The number of hydrogen-bond acceptors (Lipinski definition) is 4. The lowest BCUT2D eigenvalue weighted by molar-refractivity contribution is -0.161. The van der Waals surface area contributed by atoms with E-state index in [2.05, 4.69) is 10.1 Å². The molecule has 18 heavy (non-hydrogen) atoms. The zero-order valence-corrected chi connectivity index (χ0v) is 11.4. The fourth-order valence-corrected chi connectivity index (χ4v) is 1.82. The summed E-state index contributed by atoms with van der Waals surface area (Å²) < 4.78 is 9.91. The summed E-state index contributed by atoms with van der Waals surface area (Å²) in [6.45, 7) is 5.48. The second kappa shape index (κ2) is 5.89. The first-order valence-corrected chi connectivity index (χ1v) is 6.06. The Morgan fingerprint density at radius 1 is 1.22 bits per heavy atom. The molecule has 5 nitrogen and oxygen atoms in total. The second-order valence-electron chi connectivity index (χ2n) is 5.33. The molecule has 0 saturated heterocycles. The number of hydrogen-bond donors (Lipinski definition) is 1. The molecule has 0 heterocycles. The number of esters is 1. The van der Waals surface area contributed by atoms with Gasteiger partial charge < -0.3 is 14.8 Å². The van der Waals surface area contributed by atoms with Crippen LogP contribution in [0.5, 0.6) is 0 Å². The van der Waals surface area contributed by atoms with E-state index in [-0.39, 0.29) is 17.9 Å². The Bertz CT molecular complexity index is 343. The molecule has 0 radical (unpaired) electrons. The number of amides is 1. The van der Waals surface area contributed by atoms with Crippen molar-refractivity contribution in [1.82, 2.24) is 5.32 Å². The van der Waals surface area contributed by atoms with Crippen LogP contribution in [0.3, 0.4) is 0 Å². The minimum atomic E-state index is -0.524. The van der Waals surface area contributed by atoms with Gasteiger partial charge in [0.1, 0.15) is 5.60 Å². The average Bonchev–Trinajstić information content (AvgIpc) is 2.27. The maximum atomic E-state index is 12.0. The molecule has 5 heteroatoms. The van der Waals surface area contributed by atoms with Gasteiger partial charge in [-0.15, -0.1) is 0 Å². The van der Waals surface area contributed by atoms with Gasteiger partial charge in [0.05, 0.1) is 13.0 Å². The summed E-state index contributed by atoms with van der Waals surface area (Å²) in [5.74, 6) is -0.637. The fourth-order valence-electron chi connectivity index (χ4n) is 1.82. The maximum Gasteiger partial charge on any atom is 0.407 e. The highest BCUT2D eigenvalue weighted by Gasteiger charge is 2.33. The molecule has 1 aliphatic carbocycles. The molecule has 0 unspecified atom stereocenters. The molecule has 1 rings (SSSR count). The van der Waals surface area contributed by atoms with Gasteiger partial charge in [0.15, 0.2) is 0 Å². The molecule has 1 amide bonds.